The van der Waals surface area contributed by atoms with Crippen molar-refractivity contribution >= 4 is 17.8 Å². The van der Waals surface area contributed by atoms with Gasteiger partial charge >= 0.3 is 5.97 Å². The van der Waals surface area contributed by atoms with E-state index in [1.54, 1.807) is 30.3 Å². The highest BCUT2D eigenvalue weighted by Gasteiger charge is 2.13. The number of aryl methyl sites for hydroxylation is 2. The second-order valence-electron chi connectivity index (χ2n) is 5.80. The molecule has 5 heteroatoms. The Kier molecular flexibility index (Phi) is 4.84. The molecule has 1 aliphatic heterocycles. The largest absolute Gasteiger partial charge is 0.454 e. The lowest BCUT2D eigenvalue weighted by atomic mass is 10.0. The van der Waals surface area contributed by atoms with Crippen LogP contribution in [-0.4, -0.2) is 25.2 Å². The summed E-state index contributed by atoms with van der Waals surface area (Å²) in [5.74, 6) is 0.525. The first-order valence-corrected chi connectivity index (χ1v) is 7.88. The maximum absolute atomic E-state index is 12.2. The first kappa shape index (κ1) is 16.8. The molecule has 2 aromatic rings. The van der Waals surface area contributed by atoms with Gasteiger partial charge in [0.15, 0.2) is 18.1 Å². The third-order valence-corrected chi connectivity index (χ3v) is 3.84. The Morgan fingerprint density at radius 2 is 1.88 bits per heavy atom. The highest BCUT2D eigenvalue weighted by Crippen LogP contribution is 2.32. The van der Waals surface area contributed by atoms with Crippen molar-refractivity contribution in [2.45, 2.75) is 13.8 Å². The minimum Gasteiger partial charge on any atom is -0.454 e. The summed E-state index contributed by atoms with van der Waals surface area (Å²) in [5.41, 5.74) is 3.30. The van der Waals surface area contributed by atoms with Crippen molar-refractivity contribution in [3.05, 3.63) is 64.7 Å². The molecule has 25 heavy (non-hydrogen) atoms. The number of ketones is 1. The van der Waals surface area contributed by atoms with E-state index < -0.39 is 5.97 Å². The van der Waals surface area contributed by atoms with Crippen LogP contribution in [0, 0.1) is 13.8 Å². The van der Waals surface area contributed by atoms with Crippen LogP contribution in [0.4, 0.5) is 0 Å². The van der Waals surface area contributed by atoms with E-state index in [-0.39, 0.29) is 19.2 Å². The summed E-state index contributed by atoms with van der Waals surface area (Å²) in [7, 11) is 0. The van der Waals surface area contributed by atoms with Crippen LogP contribution in [-0.2, 0) is 9.53 Å². The number of esters is 1. The summed E-state index contributed by atoms with van der Waals surface area (Å²) < 4.78 is 15.5. The lowest BCUT2D eigenvalue weighted by Gasteiger charge is -2.06. The quantitative estimate of drug-likeness (QED) is 0.474. The van der Waals surface area contributed by atoms with Crippen LogP contribution < -0.4 is 9.47 Å². The molecule has 1 aliphatic rings. The van der Waals surface area contributed by atoms with Crippen molar-refractivity contribution in [3.8, 4) is 11.5 Å². The number of benzene rings is 2. The normalized spacial score (nSPS) is 12.4. The monoisotopic (exact) mass is 338 g/mol. The third kappa shape index (κ3) is 4.07. The van der Waals surface area contributed by atoms with Gasteiger partial charge in [0.1, 0.15) is 0 Å². The molecule has 0 atom stereocenters. The molecule has 0 fully saturated rings. The smallest absolute Gasteiger partial charge is 0.331 e. The second-order valence-corrected chi connectivity index (χ2v) is 5.80. The first-order valence-electron chi connectivity index (χ1n) is 7.88. The number of carbonyl (C=O) groups is 2. The summed E-state index contributed by atoms with van der Waals surface area (Å²) in [6.45, 7) is 3.74. The molecule has 0 saturated carbocycles. The Labute approximate surface area is 145 Å². The molecule has 0 bridgehead atoms. The van der Waals surface area contributed by atoms with Gasteiger partial charge in [0.05, 0.1) is 0 Å². The van der Waals surface area contributed by atoms with E-state index in [2.05, 4.69) is 0 Å². The minimum absolute atomic E-state index is 0.199. The Bertz CT molecular complexity index is 851. The molecule has 128 valence electrons. The molecule has 0 N–H and O–H groups in total. The van der Waals surface area contributed by atoms with Crippen molar-refractivity contribution in [3.63, 3.8) is 0 Å². The Hall–Kier alpha value is -3.08. The number of ether oxygens (including phenoxy) is 3. The van der Waals surface area contributed by atoms with Crippen LogP contribution in [0.3, 0.4) is 0 Å². The third-order valence-electron chi connectivity index (χ3n) is 3.84. The number of hydrogen-bond acceptors (Lipinski definition) is 5. The zero-order chi connectivity index (χ0) is 17.8. The molecule has 0 saturated heterocycles. The lowest BCUT2D eigenvalue weighted by Crippen LogP contribution is -2.13. The predicted octanol–water partition coefficient (Wildman–Crippen LogP) is 3.47. The molecule has 0 amide bonds. The van der Waals surface area contributed by atoms with E-state index >= 15 is 0 Å². The van der Waals surface area contributed by atoms with Crippen molar-refractivity contribution in [1.29, 1.82) is 0 Å². The molecule has 1 heterocycles. The summed E-state index contributed by atoms with van der Waals surface area (Å²) >= 11 is 0. The van der Waals surface area contributed by atoms with Crippen LogP contribution in [0.5, 0.6) is 11.5 Å². The zero-order valence-corrected chi connectivity index (χ0v) is 14.1. The number of carbonyl (C=O) groups excluding carboxylic acids is 2. The number of Topliss-reactive ketones (excluding diaryl/α,β-unsaturated/α-hetero) is 1. The summed E-state index contributed by atoms with van der Waals surface area (Å²) in [6.07, 6.45) is 2.89. The van der Waals surface area contributed by atoms with E-state index in [0.29, 0.717) is 17.1 Å². The first-order chi connectivity index (χ1) is 12.0. The number of fused-ring (bicyclic) bond motifs is 1. The summed E-state index contributed by atoms with van der Waals surface area (Å²) in [6, 6.07) is 10.9. The number of hydrogen-bond donors (Lipinski definition) is 0. The van der Waals surface area contributed by atoms with Gasteiger partial charge in [-0.25, -0.2) is 4.79 Å². The average molecular weight is 338 g/mol. The van der Waals surface area contributed by atoms with Crippen LogP contribution in [0.2, 0.25) is 0 Å². The molecular formula is C20H18O5. The Balaban J connectivity index is 1.56. The topological polar surface area (TPSA) is 61.8 Å². The van der Waals surface area contributed by atoms with Gasteiger partial charge in [-0.05, 0) is 43.2 Å². The van der Waals surface area contributed by atoms with Crippen LogP contribution in [0.15, 0.2) is 42.5 Å². The van der Waals surface area contributed by atoms with Crippen molar-refractivity contribution in [2.75, 3.05) is 13.4 Å². The van der Waals surface area contributed by atoms with E-state index in [0.717, 1.165) is 16.7 Å². The second kappa shape index (κ2) is 7.21. The van der Waals surface area contributed by atoms with E-state index in [1.807, 2.05) is 26.0 Å². The van der Waals surface area contributed by atoms with E-state index in [1.165, 1.54) is 6.08 Å². The molecular weight excluding hydrogens is 320 g/mol. The Morgan fingerprint density at radius 3 is 2.68 bits per heavy atom. The van der Waals surface area contributed by atoms with Gasteiger partial charge in [0, 0.05) is 11.6 Å². The standard InChI is InChI=1S/C20H18O5/c1-13-3-6-16(14(2)9-13)17(21)11-23-20(22)8-5-15-4-7-18-19(10-15)25-12-24-18/h3-10H,11-12H2,1-2H3/b8-5+. The fourth-order valence-electron chi connectivity index (χ4n) is 2.57. The Morgan fingerprint density at radius 1 is 1.08 bits per heavy atom. The van der Waals surface area contributed by atoms with Crippen LogP contribution >= 0.6 is 0 Å². The van der Waals surface area contributed by atoms with Gasteiger partial charge < -0.3 is 14.2 Å². The van der Waals surface area contributed by atoms with E-state index in [9.17, 15) is 9.59 Å². The highest BCUT2D eigenvalue weighted by atomic mass is 16.7. The van der Waals surface area contributed by atoms with Crippen LogP contribution in [0.25, 0.3) is 6.08 Å². The lowest BCUT2D eigenvalue weighted by molar-refractivity contribution is -0.136. The van der Waals surface area contributed by atoms with Crippen LogP contribution in [0.1, 0.15) is 27.0 Å². The maximum Gasteiger partial charge on any atom is 0.331 e. The molecule has 0 spiro atoms. The van der Waals surface area contributed by atoms with Gasteiger partial charge in [-0.1, -0.05) is 29.8 Å². The maximum atomic E-state index is 12.2. The van der Waals surface area contributed by atoms with Gasteiger partial charge in [0.25, 0.3) is 0 Å². The zero-order valence-electron chi connectivity index (χ0n) is 14.1. The number of rotatable bonds is 5. The molecule has 0 aromatic heterocycles. The van der Waals surface area contributed by atoms with Gasteiger partial charge in [-0.3, -0.25) is 4.79 Å². The van der Waals surface area contributed by atoms with E-state index in [4.69, 9.17) is 14.2 Å². The molecule has 3 rings (SSSR count). The molecule has 5 nitrogen and oxygen atoms in total. The van der Waals surface area contributed by atoms with Gasteiger partial charge in [-0.15, -0.1) is 0 Å². The minimum atomic E-state index is -0.573. The molecule has 2 aromatic carbocycles. The van der Waals surface area contributed by atoms with Crippen molar-refractivity contribution in [1.82, 2.24) is 0 Å². The summed E-state index contributed by atoms with van der Waals surface area (Å²) in [4.78, 5) is 24.0. The fourth-order valence-corrected chi connectivity index (χ4v) is 2.57. The van der Waals surface area contributed by atoms with Crippen molar-refractivity contribution in [2.24, 2.45) is 0 Å². The molecule has 0 radical (unpaired) electrons. The molecule has 0 aliphatic carbocycles. The van der Waals surface area contributed by atoms with Crippen molar-refractivity contribution < 1.29 is 23.8 Å². The predicted molar refractivity (Wildman–Crippen MR) is 92.8 cm³/mol. The van der Waals surface area contributed by atoms with Gasteiger partial charge in [-0.2, -0.15) is 0 Å². The summed E-state index contributed by atoms with van der Waals surface area (Å²) in [5, 5.41) is 0. The highest BCUT2D eigenvalue weighted by molar-refractivity contribution is 6.00. The van der Waals surface area contributed by atoms with Gasteiger partial charge in [0.2, 0.25) is 12.6 Å². The fraction of sp³-hybridized carbons (Fsp3) is 0.200. The average Bonchev–Trinajstić information content (AvgIpc) is 3.05. The molecule has 0 unspecified atom stereocenters. The SMILES string of the molecule is Cc1ccc(C(=O)COC(=O)/C=C/c2ccc3c(c2)OCO3)c(C)c1.